The molecule has 0 spiro atoms. The number of hydrogen-bond acceptors (Lipinski definition) is 5. The fourth-order valence-electron chi connectivity index (χ4n) is 2.14. The summed E-state index contributed by atoms with van der Waals surface area (Å²) in [6, 6.07) is 8.89. The van der Waals surface area contributed by atoms with Crippen LogP contribution < -0.4 is 5.56 Å². The molecule has 0 atom stereocenters. The summed E-state index contributed by atoms with van der Waals surface area (Å²) in [4.78, 5) is 28.4. The SMILES string of the molecule is COC(=O)c1ccccc1Cn1cnc2ccsc2c1=O. The summed E-state index contributed by atoms with van der Waals surface area (Å²) < 4.78 is 6.88. The number of methoxy groups -OCH3 is 1. The Bertz CT molecular complexity index is 866. The molecule has 6 heteroatoms. The number of benzene rings is 1. The van der Waals surface area contributed by atoms with Crippen LogP contribution in [-0.4, -0.2) is 22.6 Å². The number of hydrogen-bond donors (Lipinski definition) is 0. The van der Waals surface area contributed by atoms with Crippen molar-refractivity contribution in [2.45, 2.75) is 6.54 Å². The number of rotatable bonds is 3. The van der Waals surface area contributed by atoms with Crippen molar-refractivity contribution in [2.75, 3.05) is 7.11 Å². The number of ether oxygens (including phenoxy) is 1. The van der Waals surface area contributed by atoms with E-state index in [1.807, 2.05) is 17.5 Å². The molecule has 3 aromatic rings. The van der Waals surface area contributed by atoms with Crippen molar-refractivity contribution in [3.8, 4) is 0 Å². The molecule has 0 aliphatic carbocycles. The Hall–Kier alpha value is -2.47. The Labute approximate surface area is 124 Å². The Balaban J connectivity index is 2.05. The summed E-state index contributed by atoms with van der Waals surface area (Å²) in [5.41, 5.74) is 1.78. The van der Waals surface area contributed by atoms with Gasteiger partial charge in [0.1, 0.15) is 4.70 Å². The molecule has 0 unspecified atom stereocenters. The third-order valence-corrected chi connectivity index (χ3v) is 4.09. The van der Waals surface area contributed by atoms with Gasteiger partial charge in [0.2, 0.25) is 0 Å². The van der Waals surface area contributed by atoms with E-state index < -0.39 is 5.97 Å². The van der Waals surface area contributed by atoms with Crippen LogP contribution in [0.2, 0.25) is 0 Å². The number of fused-ring (bicyclic) bond motifs is 1. The largest absolute Gasteiger partial charge is 0.465 e. The lowest BCUT2D eigenvalue weighted by molar-refractivity contribution is 0.0599. The lowest BCUT2D eigenvalue weighted by atomic mass is 10.1. The van der Waals surface area contributed by atoms with Crippen LogP contribution in [0.5, 0.6) is 0 Å². The van der Waals surface area contributed by atoms with E-state index in [-0.39, 0.29) is 12.1 Å². The molecule has 0 radical (unpaired) electrons. The van der Waals surface area contributed by atoms with Gasteiger partial charge in [-0.05, 0) is 23.1 Å². The van der Waals surface area contributed by atoms with Gasteiger partial charge in [0.15, 0.2) is 0 Å². The van der Waals surface area contributed by atoms with Crippen LogP contribution in [0.3, 0.4) is 0 Å². The first-order chi connectivity index (χ1) is 10.2. The Kier molecular flexibility index (Phi) is 3.53. The summed E-state index contributed by atoms with van der Waals surface area (Å²) in [6.07, 6.45) is 1.51. The van der Waals surface area contributed by atoms with E-state index in [4.69, 9.17) is 4.74 Å². The zero-order valence-corrected chi connectivity index (χ0v) is 12.1. The van der Waals surface area contributed by atoms with Gasteiger partial charge >= 0.3 is 5.97 Å². The molecule has 0 amide bonds. The van der Waals surface area contributed by atoms with Crippen molar-refractivity contribution in [2.24, 2.45) is 0 Å². The van der Waals surface area contributed by atoms with Gasteiger partial charge in [0.05, 0.1) is 31.1 Å². The van der Waals surface area contributed by atoms with E-state index >= 15 is 0 Å². The molecule has 5 nitrogen and oxygen atoms in total. The second-order valence-electron chi connectivity index (χ2n) is 4.46. The monoisotopic (exact) mass is 300 g/mol. The smallest absolute Gasteiger partial charge is 0.338 e. The highest BCUT2D eigenvalue weighted by Crippen LogP contribution is 2.15. The zero-order valence-electron chi connectivity index (χ0n) is 11.3. The van der Waals surface area contributed by atoms with Gasteiger partial charge in [0.25, 0.3) is 5.56 Å². The summed E-state index contributed by atoms with van der Waals surface area (Å²) in [7, 11) is 1.34. The minimum atomic E-state index is -0.413. The van der Waals surface area contributed by atoms with Crippen molar-refractivity contribution in [1.82, 2.24) is 9.55 Å². The average Bonchev–Trinajstić information content (AvgIpc) is 2.99. The van der Waals surface area contributed by atoms with Crippen LogP contribution in [0.1, 0.15) is 15.9 Å². The van der Waals surface area contributed by atoms with Crippen LogP contribution in [0.15, 0.2) is 46.8 Å². The number of thiophene rings is 1. The van der Waals surface area contributed by atoms with Crippen molar-refractivity contribution in [3.05, 3.63) is 63.5 Å². The third-order valence-electron chi connectivity index (χ3n) is 3.20. The third kappa shape index (κ3) is 2.45. The summed E-state index contributed by atoms with van der Waals surface area (Å²) in [5.74, 6) is -0.413. The molecule has 0 fully saturated rings. The quantitative estimate of drug-likeness (QED) is 0.696. The fraction of sp³-hybridized carbons (Fsp3) is 0.133. The van der Waals surface area contributed by atoms with Crippen molar-refractivity contribution < 1.29 is 9.53 Å². The topological polar surface area (TPSA) is 61.2 Å². The average molecular weight is 300 g/mol. The predicted molar refractivity (Wildman–Crippen MR) is 80.8 cm³/mol. The second kappa shape index (κ2) is 5.49. The zero-order chi connectivity index (χ0) is 14.8. The fourth-order valence-corrected chi connectivity index (χ4v) is 2.93. The molecule has 2 aromatic heterocycles. The standard InChI is InChI=1S/C15H12N2O3S/c1-20-15(19)11-5-3-2-4-10(11)8-17-9-16-12-6-7-21-13(12)14(17)18/h2-7,9H,8H2,1H3. The highest BCUT2D eigenvalue weighted by molar-refractivity contribution is 7.17. The van der Waals surface area contributed by atoms with Gasteiger partial charge in [0, 0.05) is 0 Å². The Morgan fingerprint density at radius 1 is 1.33 bits per heavy atom. The molecule has 1 aromatic carbocycles. The molecule has 3 rings (SSSR count). The number of esters is 1. The van der Waals surface area contributed by atoms with Gasteiger partial charge in [-0.2, -0.15) is 0 Å². The molecule has 0 N–H and O–H groups in total. The maximum Gasteiger partial charge on any atom is 0.338 e. The van der Waals surface area contributed by atoms with Crippen LogP contribution in [-0.2, 0) is 11.3 Å². The Morgan fingerprint density at radius 3 is 2.95 bits per heavy atom. The minimum absolute atomic E-state index is 0.102. The van der Waals surface area contributed by atoms with Crippen molar-refractivity contribution in [3.63, 3.8) is 0 Å². The molecule has 106 valence electrons. The first-order valence-corrected chi connectivity index (χ1v) is 7.17. The number of aromatic nitrogens is 2. The number of carbonyl (C=O) groups is 1. The maximum absolute atomic E-state index is 12.4. The lowest BCUT2D eigenvalue weighted by Crippen LogP contribution is -2.21. The Morgan fingerprint density at radius 2 is 2.14 bits per heavy atom. The maximum atomic E-state index is 12.4. The van der Waals surface area contributed by atoms with Gasteiger partial charge in [-0.25, -0.2) is 9.78 Å². The minimum Gasteiger partial charge on any atom is -0.465 e. The first kappa shape index (κ1) is 13.5. The number of carbonyl (C=O) groups excluding carboxylic acids is 1. The van der Waals surface area contributed by atoms with E-state index in [9.17, 15) is 9.59 Å². The normalized spacial score (nSPS) is 10.7. The van der Waals surface area contributed by atoms with Gasteiger partial charge in [-0.3, -0.25) is 9.36 Å². The van der Waals surface area contributed by atoms with Gasteiger partial charge in [-0.1, -0.05) is 18.2 Å². The summed E-state index contributed by atoms with van der Waals surface area (Å²) >= 11 is 1.37. The highest BCUT2D eigenvalue weighted by atomic mass is 32.1. The summed E-state index contributed by atoms with van der Waals surface area (Å²) in [5, 5.41) is 1.84. The summed E-state index contributed by atoms with van der Waals surface area (Å²) in [6.45, 7) is 0.283. The van der Waals surface area contributed by atoms with E-state index in [0.717, 1.165) is 5.56 Å². The van der Waals surface area contributed by atoms with E-state index in [1.54, 1.807) is 18.2 Å². The van der Waals surface area contributed by atoms with E-state index in [1.165, 1.54) is 29.3 Å². The molecule has 0 saturated carbocycles. The second-order valence-corrected chi connectivity index (χ2v) is 5.38. The van der Waals surface area contributed by atoms with Crippen LogP contribution in [0.4, 0.5) is 0 Å². The first-order valence-electron chi connectivity index (χ1n) is 6.29. The van der Waals surface area contributed by atoms with E-state index in [0.29, 0.717) is 15.8 Å². The van der Waals surface area contributed by atoms with E-state index in [2.05, 4.69) is 4.98 Å². The predicted octanol–water partition coefficient (Wildman–Crippen LogP) is 2.29. The molecule has 0 saturated heterocycles. The molecule has 0 bridgehead atoms. The molecule has 0 aliphatic rings. The molecular weight excluding hydrogens is 288 g/mol. The van der Waals surface area contributed by atoms with Crippen LogP contribution in [0.25, 0.3) is 10.2 Å². The molecular formula is C15H12N2O3S. The lowest BCUT2D eigenvalue weighted by Gasteiger charge is -2.09. The van der Waals surface area contributed by atoms with Crippen LogP contribution in [0, 0.1) is 0 Å². The molecule has 0 aliphatic heterocycles. The van der Waals surface area contributed by atoms with Gasteiger partial charge in [-0.15, -0.1) is 11.3 Å². The molecule has 2 heterocycles. The van der Waals surface area contributed by atoms with Crippen molar-refractivity contribution >= 4 is 27.5 Å². The van der Waals surface area contributed by atoms with Crippen LogP contribution >= 0.6 is 11.3 Å². The highest BCUT2D eigenvalue weighted by Gasteiger charge is 2.13. The van der Waals surface area contributed by atoms with Crippen molar-refractivity contribution in [1.29, 1.82) is 0 Å². The van der Waals surface area contributed by atoms with Gasteiger partial charge < -0.3 is 4.74 Å². The molecule has 21 heavy (non-hydrogen) atoms. The number of nitrogens with zero attached hydrogens (tertiary/aromatic N) is 2.